The van der Waals surface area contributed by atoms with Crippen LogP contribution in [-0.4, -0.2) is 53.4 Å². The average Bonchev–Trinajstić information content (AvgIpc) is 3.70. The van der Waals surface area contributed by atoms with Gasteiger partial charge in [-0.25, -0.2) is 27.8 Å². The number of rotatable bonds is 8. The molecule has 0 bridgehead atoms. The second-order valence-electron chi connectivity index (χ2n) is 10.7. The molecule has 2 aliphatic rings. The highest BCUT2D eigenvalue weighted by Gasteiger charge is 2.50. The summed E-state index contributed by atoms with van der Waals surface area (Å²) in [6.45, 7) is 4.63. The molecule has 6 rings (SSSR count). The second kappa shape index (κ2) is 10.3. The van der Waals surface area contributed by atoms with Crippen molar-refractivity contribution < 1.29 is 17.5 Å². The molecule has 2 aromatic heterocycles. The summed E-state index contributed by atoms with van der Waals surface area (Å²) >= 11 is 0. The van der Waals surface area contributed by atoms with E-state index >= 15 is 0 Å². The number of alkyl halides is 1. The van der Waals surface area contributed by atoms with Crippen LogP contribution in [0.2, 0.25) is 0 Å². The Labute approximate surface area is 232 Å². The number of halogens is 1. The van der Waals surface area contributed by atoms with Crippen molar-refractivity contribution in [3.8, 4) is 22.9 Å². The maximum absolute atomic E-state index is 13.8. The Morgan fingerprint density at radius 2 is 1.85 bits per heavy atom. The normalized spacial score (nSPS) is 20.2. The van der Waals surface area contributed by atoms with Crippen LogP contribution in [0, 0.1) is 6.92 Å². The van der Waals surface area contributed by atoms with Gasteiger partial charge in [-0.2, -0.15) is 0 Å². The summed E-state index contributed by atoms with van der Waals surface area (Å²) in [4.78, 5) is 13.5. The highest BCUT2D eigenvalue weighted by atomic mass is 32.2. The number of nitrogens with one attached hydrogen (secondary N) is 3. The number of anilines is 2. The lowest BCUT2D eigenvalue weighted by Crippen LogP contribution is -2.44. The van der Waals surface area contributed by atoms with E-state index in [1.165, 1.54) is 0 Å². The van der Waals surface area contributed by atoms with Crippen LogP contribution < -0.4 is 20.1 Å². The molecule has 2 unspecified atom stereocenters. The predicted molar refractivity (Wildman–Crippen MR) is 154 cm³/mol. The first-order chi connectivity index (χ1) is 19.2. The Bertz CT molecular complexity index is 1680. The number of sulfonamides is 1. The van der Waals surface area contributed by atoms with Crippen LogP contribution >= 0.6 is 0 Å². The first kappa shape index (κ1) is 26.4. The van der Waals surface area contributed by atoms with E-state index in [1.54, 1.807) is 37.5 Å². The van der Waals surface area contributed by atoms with Gasteiger partial charge in [0.2, 0.25) is 21.9 Å². The van der Waals surface area contributed by atoms with E-state index in [2.05, 4.69) is 30.3 Å². The van der Waals surface area contributed by atoms with Gasteiger partial charge in [0.15, 0.2) is 0 Å². The molecule has 11 heteroatoms. The fraction of sp³-hybridized carbons (Fsp3) is 0.345. The summed E-state index contributed by atoms with van der Waals surface area (Å²) < 4.78 is 48.4. The van der Waals surface area contributed by atoms with Gasteiger partial charge in [0.05, 0.1) is 21.7 Å². The van der Waals surface area contributed by atoms with Crippen LogP contribution in [0.15, 0.2) is 60.9 Å². The second-order valence-corrected chi connectivity index (χ2v) is 12.9. The molecule has 9 nitrogen and oxygen atoms in total. The number of benzene rings is 2. The zero-order chi connectivity index (χ0) is 27.9. The van der Waals surface area contributed by atoms with E-state index in [-0.39, 0.29) is 6.04 Å². The van der Waals surface area contributed by atoms with Crippen molar-refractivity contribution in [2.24, 2.45) is 0 Å². The summed E-state index contributed by atoms with van der Waals surface area (Å²) in [6, 6.07) is 14.7. The van der Waals surface area contributed by atoms with Crippen molar-refractivity contribution in [2.75, 3.05) is 23.1 Å². The maximum atomic E-state index is 13.8. The molecule has 1 aliphatic carbocycles. The van der Waals surface area contributed by atoms with Crippen LogP contribution in [0.4, 0.5) is 16.0 Å². The molecule has 0 spiro atoms. The molecule has 3 heterocycles. The Hall–Kier alpha value is -3.83. The van der Waals surface area contributed by atoms with E-state index in [0.717, 1.165) is 16.3 Å². The molecule has 2 aromatic carbocycles. The first-order valence-corrected chi connectivity index (χ1v) is 14.8. The van der Waals surface area contributed by atoms with E-state index in [1.807, 2.05) is 37.3 Å². The summed E-state index contributed by atoms with van der Waals surface area (Å²) in [5.41, 5.74) is 2.54. The topological polar surface area (TPSA) is 118 Å². The molecule has 2 fully saturated rings. The molecule has 1 saturated heterocycles. The van der Waals surface area contributed by atoms with Crippen LogP contribution in [0.3, 0.4) is 0 Å². The third kappa shape index (κ3) is 5.18. The highest BCUT2D eigenvalue weighted by Crippen LogP contribution is 2.45. The van der Waals surface area contributed by atoms with Gasteiger partial charge in [-0.15, -0.1) is 0 Å². The van der Waals surface area contributed by atoms with E-state index in [0.29, 0.717) is 66.9 Å². The number of piperidine rings is 1. The Morgan fingerprint density at radius 1 is 1.05 bits per heavy atom. The summed E-state index contributed by atoms with van der Waals surface area (Å²) in [6.07, 6.45) is 4.06. The minimum absolute atomic E-state index is 0.115. The first-order valence-electron chi connectivity index (χ1n) is 13.3. The fourth-order valence-corrected chi connectivity index (χ4v) is 6.29. The molecule has 40 heavy (non-hydrogen) atoms. The Morgan fingerprint density at radius 3 is 2.62 bits per heavy atom. The van der Waals surface area contributed by atoms with Crippen molar-refractivity contribution >= 4 is 32.4 Å². The van der Waals surface area contributed by atoms with Gasteiger partial charge >= 0.3 is 0 Å². The van der Waals surface area contributed by atoms with Crippen molar-refractivity contribution in [3.05, 3.63) is 66.5 Å². The van der Waals surface area contributed by atoms with Gasteiger partial charge in [-0.05, 0) is 56.5 Å². The Balaban J connectivity index is 1.33. The van der Waals surface area contributed by atoms with E-state index in [9.17, 15) is 12.8 Å². The van der Waals surface area contributed by atoms with Crippen molar-refractivity contribution in [1.82, 2.24) is 20.3 Å². The molecular weight excluding hydrogens is 531 g/mol. The standard InChI is InChI=1S/C29H31FN6O3S/c1-18-14-25(36-40(37,38)29(2)10-11-29)21-6-3-4-7-22(21)26(18)39-27-23(8-5-12-32-27)24-9-13-33-28(35-24)34-20-15-19(30)16-31-17-20/h3-9,12-14,19-20,31,36H,10-11,15-17H2,1-2H3,(H,33,34,35). The zero-order valence-electron chi connectivity index (χ0n) is 22.3. The highest BCUT2D eigenvalue weighted by molar-refractivity contribution is 7.94. The van der Waals surface area contributed by atoms with Crippen LogP contribution in [0.5, 0.6) is 11.6 Å². The SMILES string of the molecule is Cc1cc(NS(=O)(=O)C2(C)CC2)c2ccccc2c1Oc1ncccc1-c1ccnc(NC2CNCC(F)C2)n1. The zero-order valence-corrected chi connectivity index (χ0v) is 23.1. The number of ether oxygens (including phenoxy) is 1. The van der Waals surface area contributed by atoms with Gasteiger partial charge in [0.1, 0.15) is 11.9 Å². The molecular formula is C29H31FN6O3S. The summed E-state index contributed by atoms with van der Waals surface area (Å²) in [7, 11) is -3.53. The number of hydrogen-bond acceptors (Lipinski definition) is 8. The molecule has 3 N–H and O–H groups in total. The van der Waals surface area contributed by atoms with Gasteiger partial charge in [0, 0.05) is 48.7 Å². The van der Waals surface area contributed by atoms with Gasteiger partial charge in [-0.3, -0.25) is 4.72 Å². The maximum Gasteiger partial charge on any atom is 0.238 e. The molecule has 0 amide bonds. The van der Waals surface area contributed by atoms with Gasteiger partial charge in [0.25, 0.3) is 0 Å². The van der Waals surface area contributed by atoms with Gasteiger partial charge in [-0.1, -0.05) is 24.3 Å². The summed E-state index contributed by atoms with van der Waals surface area (Å²) in [5.74, 6) is 1.32. The fourth-order valence-electron chi connectivity index (χ4n) is 4.94. The minimum atomic E-state index is -3.53. The molecule has 1 aliphatic heterocycles. The molecule has 208 valence electrons. The lowest BCUT2D eigenvalue weighted by atomic mass is 10.0. The predicted octanol–water partition coefficient (Wildman–Crippen LogP) is 5.20. The molecule has 2 atom stereocenters. The number of aromatic nitrogens is 3. The van der Waals surface area contributed by atoms with Crippen LogP contribution in [-0.2, 0) is 10.0 Å². The van der Waals surface area contributed by atoms with Crippen molar-refractivity contribution in [1.29, 1.82) is 0 Å². The monoisotopic (exact) mass is 562 g/mol. The molecule has 1 saturated carbocycles. The quantitative estimate of drug-likeness (QED) is 0.268. The molecule has 4 aromatic rings. The van der Waals surface area contributed by atoms with Crippen molar-refractivity contribution in [2.45, 2.75) is 50.1 Å². The van der Waals surface area contributed by atoms with Crippen LogP contribution in [0.1, 0.15) is 31.7 Å². The van der Waals surface area contributed by atoms with E-state index < -0.39 is 20.9 Å². The van der Waals surface area contributed by atoms with Gasteiger partial charge < -0.3 is 15.4 Å². The number of nitrogens with zero attached hydrogens (tertiary/aromatic N) is 3. The van der Waals surface area contributed by atoms with E-state index in [4.69, 9.17) is 4.74 Å². The number of fused-ring (bicyclic) bond motifs is 1. The number of aryl methyl sites for hydroxylation is 1. The largest absolute Gasteiger partial charge is 0.437 e. The number of hydrogen-bond donors (Lipinski definition) is 3. The summed E-state index contributed by atoms with van der Waals surface area (Å²) in [5, 5.41) is 7.78. The number of pyridine rings is 1. The lowest BCUT2D eigenvalue weighted by molar-refractivity contribution is 0.254. The average molecular weight is 563 g/mol. The minimum Gasteiger partial charge on any atom is -0.437 e. The molecule has 0 radical (unpaired) electrons. The lowest BCUT2D eigenvalue weighted by Gasteiger charge is -2.26. The third-order valence-electron chi connectivity index (χ3n) is 7.56. The smallest absolute Gasteiger partial charge is 0.238 e. The van der Waals surface area contributed by atoms with Crippen molar-refractivity contribution in [3.63, 3.8) is 0 Å². The van der Waals surface area contributed by atoms with Crippen LogP contribution in [0.25, 0.3) is 22.0 Å². The third-order valence-corrected chi connectivity index (χ3v) is 9.75. The Kier molecular flexibility index (Phi) is 6.79.